The van der Waals surface area contributed by atoms with Gasteiger partial charge in [-0.25, -0.2) is 8.42 Å². The van der Waals surface area contributed by atoms with Gasteiger partial charge in [0.05, 0.1) is 20.0 Å². The molecular weight excluding hydrogens is 402 g/mol. The summed E-state index contributed by atoms with van der Waals surface area (Å²) in [4.78, 5) is -0.566. The third kappa shape index (κ3) is 5.61. The van der Waals surface area contributed by atoms with E-state index >= 15 is 0 Å². The van der Waals surface area contributed by atoms with Crippen LogP contribution in [0, 0.1) is 0 Å². The van der Waals surface area contributed by atoms with Crippen LogP contribution in [0.1, 0.15) is 0 Å². The molecule has 3 rings (SSSR count). The molecule has 3 nitrogen and oxygen atoms in total. The molecule has 0 aliphatic carbocycles. The molecule has 0 saturated heterocycles. The number of fused-ring (bicyclic) bond motifs is 1. The molecule has 0 heterocycles. The van der Waals surface area contributed by atoms with Crippen molar-refractivity contribution in [2.45, 2.75) is 4.90 Å². The average Bonchev–Trinajstić information content (AvgIpc) is 2.52. The fourth-order valence-corrected chi connectivity index (χ4v) is 3.27. The molecule has 0 unspecified atom stereocenters. The second-order valence-corrected chi connectivity index (χ2v) is 6.99. The number of halogens is 3. The van der Waals surface area contributed by atoms with Gasteiger partial charge in [0.25, 0.3) is 0 Å². The number of hydrogen-bond acceptors (Lipinski definition) is 3. The summed E-state index contributed by atoms with van der Waals surface area (Å²) in [5.41, 5.74) is 0. The van der Waals surface area contributed by atoms with Crippen LogP contribution >= 0.6 is 34.8 Å². The molecule has 0 radical (unpaired) electrons. The minimum atomic E-state index is -4.60. The molecule has 0 atom stereocenters. The maximum Gasteiger partial charge on any atom is 1.00 e. The van der Waals surface area contributed by atoms with Gasteiger partial charge in [-0.3, -0.25) is 0 Å². The third-order valence-electron chi connectivity index (χ3n) is 2.93. The van der Waals surface area contributed by atoms with Crippen LogP contribution in [0.3, 0.4) is 0 Å². The SMILES string of the molecule is O=S(=O)([O-])c1ccc(Cl)c(Cl)c1Cl.[Na+].c1ccc2ccccc2c1. The zero-order valence-electron chi connectivity index (χ0n) is 12.5. The summed E-state index contributed by atoms with van der Waals surface area (Å²) in [6.45, 7) is 0. The Bertz CT molecular complexity index is 881. The first-order chi connectivity index (χ1) is 10.8. The Balaban J connectivity index is 0.000000236. The van der Waals surface area contributed by atoms with Gasteiger partial charge in [-0.05, 0) is 22.9 Å². The molecule has 0 aromatic heterocycles. The van der Waals surface area contributed by atoms with Gasteiger partial charge in [0.2, 0.25) is 0 Å². The molecule has 0 aliphatic heterocycles. The molecular formula is C16H10Cl3NaO3S. The third-order valence-corrected chi connectivity index (χ3v) is 5.21. The Morgan fingerprint density at radius 2 is 1.12 bits per heavy atom. The van der Waals surface area contributed by atoms with E-state index in [9.17, 15) is 13.0 Å². The van der Waals surface area contributed by atoms with Gasteiger partial charge in [0, 0.05) is 0 Å². The van der Waals surface area contributed by atoms with Gasteiger partial charge in [-0.15, -0.1) is 0 Å². The van der Waals surface area contributed by atoms with Gasteiger partial charge in [0.15, 0.2) is 0 Å². The summed E-state index contributed by atoms with van der Waals surface area (Å²) in [6.07, 6.45) is 0. The van der Waals surface area contributed by atoms with Crippen molar-refractivity contribution in [2.75, 3.05) is 0 Å². The van der Waals surface area contributed by atoms with Gasteiger partial charge in [-0.1, -0.05) is 83.3 Å². The molecule has 0 bridgehead atoms. The topological polar surface area (TPSA) is 57.2 Å². The van der Waals surface area contributed by atoms with Crippen LogP contribution in [0.5, 0.6) is 0 Å². The van der Waals surface area contributed by atoms with Gasteiger partial charge in [0.1, 0.15) is 10.1 Å². The van der Waals surface area contributed by atoms with Crippen LogP contribution in [0.2, 0.25) is 15.1 Å². The predicted molar refractivity (Wildman–Crippen MR) is 93.4 cm³/mol. The summed E-state index contributed by atoms with van der Waals surface area (Å²) < 4.78 is 31.7. The summed E-state index contributed by atoms with van der Waals surface area (Å²) in [7, 11) is -4.60. The molecule has 120 valence electrons. The number of rotatable bonds is 1. The van der Waals surface area contributed by atoms with E-state index in [-0.39, 0.29) is 44.6 Å². The quantitative estimate of drug-likeness (QED) is 0.351. The minimum Gasteiger partial charge on any atom is -0.744 e. The first kappa shape index (κ1) is 21.7. The normalized spacial score (nSPS) is 10.5. The minimum absolute atomic E-state index is 0. The summed E-state index contributed by atoms with van der Waals surface area (Å²) >= 11 is 16.5. The van der Waals surface area contributed by atoms with Crippen molar-refractivity contribution < 1.29 is 42.5 Å². The molecule has 0 N–H and O–H groups in total. The van der Waals surface area contributed by atoms with E-state index in [1.165, 1.54) is 16.8 Å². The Labute approximate surface area is 177 Å². The molecule has 3 aromatic carbocycles. The smallest absolute Gasteiger partial charge is 0.744 e. The van der Waals surface area contributed by atoms with E-state index in [1.54, 1.807) is 0 Å². The van der Waals surface area contributed by atoms with Crippen molar-refractivity contribution >= 4 is 55.7 Å². The fourth-order valence-electron chi connectivity index (χ4n) is 1.83. The van der Waals surface area contributed by atoms with E-state index in [0.29, 0.717) is 0 Å². The average molecular weight is 412 g/mol. The van der Waals surface area contributed by atoms with Gasteiger partial charge < -0.3 is 4.55 Å². The Morgan fingerprint density at radius 1 is 0.708 bits per heavy atom. The summed E-state index contributed by atoms with van der Waals surface area (Å²) in [5, 5.41) is 2.23. The second-order valence-electron chi connectivity index (χ2n) is 4.47. The summed E-state index contributed by atoms with van der Waals surface area (Å²) in [6, 6.07) is 18.9. The van der Waals surface area contributed by atoms with E-state index in [0.717, 1.165) is 6.07 Å². The molecule has 0 saturated carbocycles. The van der Waals surface area contributed by atoms with E-state index in [1.807, 2.05) is 0 Å². The van der Waals surface area contributed by atoms with Gasteiger partial charge in [-0.2, -0.15) is 0 Å². The number of hydrogen-bond donors (Lipinski definition) is 0. The van der Waals surface area contributed by atoms with Crippen molar-refractivity contribution in [2.24, 2.45) is 0 Å². The molecule has 24 heavy (non-hydrogen) atoms. The molecule has 8 heteroatoms. The molecule has 0 aliphatic rings. The van der Waals surface area contributed by atoms with Crippen LogP contribution in [-0.4, -0.2) is 13.0 Å². The molecule has 0 amide bonds. The standard InChI is InChI=1S/C10H8.C6H3Cl3O3S.Na/c1-2-6-10-8-4-3-7-9(10)5-1;7-3-1-2-4(13(10,11)12)6(9)5(3)8;/h1-8H;1-2H,(H,10,11,12);/q;;+1/p-1. The van der Waals surface area contributed by atoms with Crippen molar-refractivity contribution in [3.8, 4) is 0 Å². The Kier molecular flexibility index (Phi) is 8.53. The van der Waals surface area contributed by atoms with Crippen LogP contribution in [0.4, 0.5) is 0 Å². The van der Waals surface area contributed by atoms with E-state index in [2.05, 4.69) is 48.5 Å². The first-order valence-corrected chi connectivity index (χ1v) is 8.88. The van der Waals surface area contributed by atoms with Crippen LogP contribution < -0.4 is 29.6 Å². The van der Waals surface area contributed by atoms with E-state index < -0.39 is 15.0 Å². The van der Waals surface area contributed by atoms with Crippen molar-refractivity contribution in [1.82, 2.24) is 0 Å². The van der Waals surface area contributed by atoms with E-state index in [4.69, 9.17) is 34.8 Å². The van der Waals surface area contributed by atoms with Crippen LogP contribution in [0.25, 0.3) is 10.8 Å². The zero-order valence-corrected chi connectivity index (χ0v) is 17.6. The fraction of sp³-hybridized carbons (Fsp3) is 0. The Morgan fingerprint density at radius 3 is 1.50 bits per heavy atom. The number of benzene rings is 3. The zero-order chi connectivity index (χ0) is 17.0. The molecule has 3 aromatic rings. The van der Waals surface area contributed by atoms with Crippen molar-refractivity contribution in [3.63, 3.8) is 0 Å². The summed E-state index contributed by atoms with van der Waals surface area (Å²) in [5.74, 6) is 0. The van der Waals surface area contributed by atoms with Crippen LogP contribution in [0.15, 0.2) is 65.6 Å². The largest absolute Gasteiger partial charge is 1.00 e. The Hall–Kier alpha value is -0.300. The predicted octanol–water partition coefficient (Wildman–Crippen LogP) is 2.39. The maximum absolute atomic E-state index is 10.6. The van der Waals surface area contributed by atoms with Gasteiger partial charge >= 0.3 is 29.6 Å². The first-order valence-electron chi connectivity index (χ1n) is 6.34. The molecule has 0 fully saturated rings. The molecule has 0 spiro atoms. The van der Waals surface area contributed by atoms with Crippen molar-refractivity contribution in [1.29, 1.82) is 0 Å². The maximum atomic E-state index is 10.6. The van der Waals surface area contributed by atoms with Crippen molar-refractivity contribution in [3.05, 3.63) is 75.7 Å². The monoisotopic (exact) mass is 410 g/mol. The second kappa shape index (κ2) is 9.41. The van der Waals surface area contributed by atoms with Crippen LogP contribution in [-0.2, 0) is 10.1 Å².